The van der Waals surface area contributed by atoms with E-state index in [9.17, 15) is 37.5 Å². The van der Waals surface area contributed by atoms with Crippen molar-refractivity contribution in [1.29, 1.82) is 0 Å². The molecule has 0 aromatic heterocycles. The smallest absolute Gasteiger partial charge is 0.480 e. The van der Waals surface area contributed by atoms with Gasteiger partial charge in [-0.2, -0.15) is 24.9 Å². The maximum atomic E-state index is 12.7. The number of benzene rings is 1. The maximum absolute atomic E-state index is 12.7. The van der Waals surface area contributed by atoms with Gasteiger partial charge in [0.2, 0.25) is 17.7 Å². The van der Waals surface area contributed by atoms with E-state index in [4.69, 9.17) is 15.6 Å². The lowest BCUT2D eigenvalue weighted by atomic mass is 10.0. The predicted molar refractivity (Wildman–Crippen MR) is 120 cm³/mol. The number of aliphatic carboxylic acids is 2. The van der Waals surface area contributed by atoms with E-state index in [-0.39, 0.29) is 25.9 Å². The van der Waals surface area contributed by atoms with Crippen LogP contribution in [0.5, 0.6) is 0 Å². The van der Waals surface area contributed by atoms with Crippen LogP contribution in [-0.2, 0) is 30.4 Å². The molecule has 15 heteroatoms. The zero-order valence-electron chi connectivity index (χ0n) is 18.6. The van der Waals surface area contributed by atoms with Crippen molar-refractivity contribution in [3.05, 3.63) is 35.9 Å². The van der Waals surface area contributed by atoms with Gasteiger partial charge in [-0.25, -0.2) is 9.59 Å². The summed E-state index contributed by atoms with van der Waals surface area (Å²) in [6.07, 6.45) is -2.80. The lowest BCUT2D eigenvalue weighted by Gasteiger charge is -2.21. The lowest BCUT2D eigenvalue weighted by Crippen LogP contribution is -2.54. The molecule has 35 heavy (non-hydrogen) atoms. The number of carbonyl (C=O) groups is 5. The van der Waals surface area contributed by atoms with Crippen molar-refractivity contribution in [3.8, 4) is 0 Å². The molecule has 0 bridgehead atoms. The molecule has 0 saturated heterocycles. The molecule has 0 unspecified atom stereocenters. The minimum absolute atomic E-state index is 0.179. The van der Waals surface area contributed by atoms with Crippen LogP contribution < -0.4 is 21.7 Å². The van der Waals surface area contributed by atoms with Crippen LogP contribution in [0.15, 0.2) is 30.3 Å². The lowest BCUT2D eigenvalue weighted by molar-refractivity contribution is -0.192. The fourth-order valence-electron chi connectivity index (χ4n) is 2.32. The summed E-state index contributed by atoms with van der Waals surface area (Å²) in [5.74, 6) is -5.00. The summed E-state index contributed by atoms with van der Waals surface area (Å²) < 4.78 is 31.7. The summed E-state index contributed by atoms with van der Waals surface area (Å²) in [4.78, 5) is 56.2. The number of carbonyl (C=O) groups excluding carboxylic acids is 3. The number of nitrogens with two attached hydrogens (primary N) is 1. The molecule has 0 spiro atoms. The SMILES string of the molecule is CSCC[C@H](NC(=O)[C@H](Cc1ccccc1)NC(=O)CNC(=O)CN)C(=O)O.O=C(O)C(F)(F)F. The highest BCUT2D eigenvalue weighted by molar-refractivity contribution is 7.98. The monoisotopic (exact) mass is 524 g/mol. The van der Waals surface area contributed by atoms with Gasteiger partial charge >= 0.3 is 18.1 Å². The summed E-state index contributed by atoms with van der Waals surface area (Å²) in [6, 6.07) is 6.98. The van der Waals surface area contributed by atoms with Crippen molar-refractivity contribution in [2.24, 2.45) is 5.73 Å². The first-order chi connectivity index (χ1) is 16.3. The van der Waals surface area contributed by atoms with Crippen molar-refractivity contribution in [1.82, 2.24) is 16.0 Å². The van der Waals surface area contributed by atoms with Gasteiger partial charge in [0.1, 0.15) is 12.1 Å². The Labute approximate surface area is 203 Å². The molecule has 2 atom stereocenters. The Morgan fingerprint density at radius 3 is 2.03 bits per heavy atom. The molecular weight excluding hydrogens is 497 g/mol. The third kappa shape index (κ3) is 14.5. The molecule has 196 valence electrons. The number of nitrogens with one attached hydrogen (secondary N) is 3. The first-order valence-corrected chi connectivity index (χ1v) is 11.3. The molecule has 7 N–H and O–H groups in total. The van der Waals surface area contributed by atoms with E-state index in [0.29, 0.717) is 5.75 Å². The largest absolute Gasteiger partial charge is 0.490 e. The van der Waals surface area contributed by atoms with E-state index in [0.717, 1.165) is 5.56 Å². The Kier molecular flexibility index (Phi) is 14.8. The molecule has 1 aromatic rings. The minimum atomic E-state index is -5.08. The highest BCUT2D eigenvalue weighted by Crippen LogP contribution is 2.13. The van der Waals surface area contributed by atoms with Crippen molar-refractivity contribution >= 4 is 41.4 Å². The average Bonchev–Trinajstić information content (AvgIpc) is 2.79. The van der Waals surface area contributed by atoms with E-state index in [1.165, 1.54) is 11.8 Å². The van der Waals surface area contributed by atoms with Gasteiger partial charge in [-0.3, -0.25) is 14.4 Å². The Hall–Kier alpha value is -3.33. The number of thioether (sulfide) groups is 1. The minimum Gasteiger partial charge on any atom is -0.480 e. The van der Waals surface area contributed by atoms with Crippen molar-refractivity contribution in [2.45, 2.75) is 31.1 Å². The summed E-state index contributed by atoms with van der Waals surface area (Å²) in [6.45, 7) is -0.583. The molecule has 0 aliphatic heterocycles. The normalized spacial score (nSPS) is 12.3. The van der Waals surface area contributed by atoms with Gasteiger partial charge in [0.05, 0.1) is 13.1 Å². The molecule has 0 radical (unpaired) electrons. The molecule has 0 aliphatic rings. The topological polar surface area (TPSA) is 188 Å². The number of alkyl halides is 3. The highest BCUT2D eigenvalue weighted by Gasteiger charge is 2.38. The van der Waals surface area contributed by atoms with Gasteiger partial charge < -0.3 is 31.9 Å². The second-order valence-electron chi connectivity index (χ2n) is 6.77. The Bertz CT molecular complexity index is 857. The first kappa shape index (κ1) is 31.7. The Balaban J connectivity index is 0.00000143. The summed E-state index contributed by atoms with van der Waals surface area (Å²) in [5.41, 5.74) is 5.96. The van der Waals surface area contributed by atoms with Gasteiger partial charge in [0.25, 0.3) is 0 Å². The Morgan fingerprint density at radius 2 is 1.57 bits per heavy atom. The maximum Gasteiger partial charge on any atom is 0.490 e. The standard InChI is InChI=1S/C18H26N4O5S.C2HF3O2/c1-28-8-7-13(18(26)27)22-17(25)14(9-12-5-3-2-4-6-12)21-16(24)11-20-15(23)10-19;3-2(4,5)1(6)7/h2-6,13-14H,7-11,19H2,1H3,(H,20,23)(H,21,24)(H,22,25)(H,26,27);(H,6,7)/t13-,14-;/m0./s1. The van der Waals surface area contributed by atoms with Crippen LogP contribution in [0.1, 0.15) is 12.0 Å². The van der Waals surface area contributed by atoms with Crippen LogP contribution in [0.25, 0.3) is 0 Å². The number of hydrogen-bond donors (Lipinski definition) is 6. The Morgan fingerprint density at radius 1 is 1.00 bits per heavy atom. The fourth-order valence-corrected chi connectivity index (χ4v) is 2.79. The van der Waals surface area contributed by atoms with Gasteiger partial charge in [-0.15, -0.1) is 0 Å². The highest BCUT2D eigenvalue weighted by atomic mass is 32.2. The summed E-state index contributed by atoms with van der Waals surface area (Å²) in [7, 11) is 0. The average molecular weight is 525 g/mol. The molecule has 3 amide bonds. The molecule has 0 heterocycles. The molecule has 0 saturated carbocycles. The van der Waals surface area contributed by atoms with Gasteiger partial charge in [-0.05, 0) is 24.0 Å². The second-order valence-corrected chi connectivity index (χ2v) is 7.76. The molecule has 0 aliphatic carbocycles. The summed E-state index contributed by atoms with van der Waals surface area (Å²) >= 11 is 1.47. The molecular formula is C20H27F3N4O7S. The second kappa shape index (κ2) is 16.3. The zero-order valence-corrected chi connectivity index (χ0v) is 19.4. The fraction of sp³-hybridized carbons (Fsp3) is 0.450. The third-order valence-electron chi connectivity index (χ3n) is 4.03. The third-order valence-corrected chi connectivity index (χ3v) is 4.68. The van der Waals surface area contributed by atoms with E-state index >= 15 is 0 Å². The van der Waals surface area contributed by atoms with Crippen molar-refractivity contribution < 1.29 is 47.4 Å². The van der Waals surface area contributed by atoms with E-state index in [2.05, 4.69) is 16.0 Å². The molecule has 1 aromatic carbocycles. The van der Waals surface area contributed by atoms with Crippen LogP contribution in [0.2, 0.25) is 0 Å². The quantitative estimate of drug-likeness (QED) is 0.214. The van der Waals surface area contributed by atoms with Crippen LogP contribution in [0, 0.1) is 0 Å². The number of carboxylic acid groups (broad SMARTS) is 2. The van der Waals surface area contributed by atoms with Crippen molar-refractivity contribution in [2.75, 3.05) is 25.1 Å². The molecule has 0 fully saturated rings. The van der Waals surface area contributed by atoms with Crippen LogP contribution in [-0.4, -0.2) is 83.2 Å². The first-order valence-electron chi connectivity index (χ1n) is 9.94. The molecule has 11 nitrogen and oxygen atoms in total. The number of amides is 3. The van der Waals surface area contributed by atoms with Crippen molar-refractivity contribution in [3.63, 3.8) is 0 Å². The van der Waals surface area contributed by atoms with E-state index in [1.54, 1.807) is 24.3 Å². The van der Waals surface area contributed by atoms with E-state index in [1.807, 2.05) is 12.3 Å². The summed E-state index contributed by atoms with van der Waals surface area (Å²) in [5, 5.41) is 23.8. The van der Waals surface area contributed by atoms with Crippen LogP contribution in [0.3, 0.4) is 0 Å². The zero-order chi connectivity index (χ0) is 27.0. The van der Waals surface area contributed by atoms with Gasteiger partial charge in [-0.1, -0.05) is 30.3 Å². The number of halogens is 3. The molecule has 1 rings (SSSR count). The van der Waals surface area contributed by atoms with Gasteiger partial charge in [0, 0.05) is 6.42 Å². The van der Waals surface area contributed by atoms with Gasteiger partial charge in [0.15, 0.2) is 0 Å². The number of rotatable bonds is 12. The number of carboxylic acids is 2. The predicted octanol–water partition coefficient (Wildman–Crippen LogP) is -0.255. The van der Waals surface area contributed by atoms with Crippen LogP contribution in [0.4, 0.5) is 13.2 Å². The van der Waals surface area contributed by atoms with Crippen LogP contribution >= 0.6 is 11.8 Å². The van der Waals surface area contributed by atoms with E-state index < -0.39 is 47.9 Å². The number of hydrogen-bond acceptors (Lipinski definition) is 7.